The summed E-state index contributed by atoms with van der Waals surface area (Å²) in [5.74, 6) is 0.00718. The number of furan rings is 1. The molecule has 1 aromatic carbocycles. The molecule has 2 aliphatic heterocycles. The van der Waals surface area contributed by atoms with Crippen LogP contribution in [0.4, 0.5) is 0 Å². The molecule has 4 rings (SSSR count). The molecule has 0 radical (unpaired) electrons. The number of carboxylic acid groups (broad SMARTS) is 1. The second-order valence-corrected chi connectivity index (χ2v) is 7.51. The number of benzene rings is 1. The highest BCUT2D eigenvalue weighted by Gasteiger charge is 2.52. The number of carbonyl (C=O) groups is 2. The van der Waals surface area contributed by atoms with E-state index < -0.39 is 49.5 Å². The summed E-state index contributed by atoms with van der Waals surface area (Å²) in [5.41, 5.74) is 0. The molecule has 0 bridgehead atoms. The maximum Gasteiger partial charge on any atom is 0.329 e. The number of fused-ring (bicyclic) bond motifs is 1. The highest BCUT2D eigenvalue weighted by molar-refractivity contribution is 5.73. The molecular formula is C22H25NO10. The van der Waals surface area contributed by atoms with Gasteiger partial charge in [0.2, 0.25) is 18.5 Å². The van der Waals surface area contributed by atoms with Crippen LogP contribution in [0.5, 0.6) is 11.5 Å². The smallest absolute Gasteiger partial charge is 0.329 e. The highest BCUT2D eigenvalue weighted by Crippen LogP contribution is 2.36. The Hall–Kier alpha value is -3.12. The maximum absolute atomic E-state index is 12.0. The molecular weight excluding hydrogens is 438 g/mol. The van der Waals surface area contributed by atoms with Gasteiger partial charge in [0.1, 0.15) is 42.5 Å². The van der Waals surface area contributed by atoms with Gasteiger partial charge in [0, 0.05) is 6.92 Å². The van der Waals surface area contributed by atoms with Gasteiger partial charge in [-0.15, -0.1) is 0 Å². The van der Waals surface area contributed by atoms with Crippen LogP contribution in [0.2, 0.25) is 0 Å². The summed E-state index contributed by atoms with van der Waals surface area (Å²) in [6.07, 6.45) is -2.67. The quantitative estimate of drug-likeness (QED) is 0.593. The number of nitrogens with one attached hydrogen (secondary N) is 1. The van der Waals surface area contributed by atoms with E-state index in [4.69, 9.17) is 32.8 Å². The summed E-state index contributed by atoms with van der Waals surface area (Å²) >= 11 is 0. The minimum atomic E-state index is -1.16. The third-order valence-corrected chi connectivity index (χ3v) is 5.20. The molecule has 6 unspecified atom stereocenters. The molecule has 3 heterocycles. The number of hydrogen-bond acceptors (Lipinski definition) is 9. The molecule has 33 heavy (non-hydrogen) atoms. The van der Waals surface area contributed by atoms with Gasteiger partial charge in [-0.05, 0) is 36.4 Å². The van der Waals surface area contributed by atoms with Crippen LogP contribution < -0.4 is 14.8 Å². The summed E-state index contributed by atoms with van der Waals surface area (Å²) in [4.78, 5) is 23.2. The van der Waals surface area contributed by atoms with Crippen molar-refractivity contribution in [1.29, 1.82) is 0 Å². The third kappa shape index (κ3) is 5.45. The second kappa shape index (κ2) is 10.2. The number of aliphatic carboxylic acids is 1. The van der Waals surface area contributed by atoms with Crippen molar-refractivity contribution in [1.82, 2.24) is 5.32 Å². The third-order valence-electron chi connectivity index (χ3n) is 5.20. The lowest BCUT2D eigenvalue weighted by Crippen LogP contribution is -2.68. The van der Waals surface area contributed by atoms with Crippen LogP contribution in [0, 0.1) is 0 Å². The Morgan fingerprint density at radius 2 is 1.91 bits per heavy atom. The zero-order valence-electron chi connectivity index (χ0n) is 18.0. The number of amides is 1. The van der Waals surface area contributed by atoms with Crippen molar-refractivity contribution in [3.63, 3.8) is 0 Å². The molecule has 11 nitrogen and oxygen atoms in total. The maximum atomic E-state index is 12.0. The molecule has 2 aliphatic rings. The van der Waals surface area contributed by atoms with Crippen molar-refractivity contribution in [3.8, 4) is 11.5 Å². The Labute approximate surface area is 189 Å². The minimum absolute atomic E-state index is 0.109. The van der Waals surface area contributed by atoms with Gasteiger partial charge < -0.3 is 43.3 Å². The summed E-state index contributed by atoms with van der Waals surface area (Å²) < 4.78 is 40.1. The molecule has 2 saturated heterocycles. The number of carboxylic acids is 1. The van der Waals surface area contributed by atoms with Crippen molar-refractivity contribution in [3.05, 3.63) is 48.4 Å². The molecule has 1 aromatic heterocycles. The Bertz CT molecular complexity index is 931. The molecule has 2 fully saturated rings. The average Bonchev–Trinajstić information content (AvgIpc) is 3.33. The lowest BCUT2D eigenvalue weighted by Gasteiger charge is -2.48. The van der Waals surface area contributed by atoms with Gasteiger partial charge in [-0.2, -0.15) is 0 Å². The standard InChI is InChI=1S/C22H25NO10/c1-12(24)23-18-20(29-11-17(25)26)19-16(10-30-21(33-19)15-4-3-9-28-15)32-22(18)31-14-7-5-13(27-2)6-8-14/h3-9,16,18-22H,10-11H2,1-2H3,(H,23,24)(H,25,26). The van der Waals surface area contributed by atoms with Gasteiger partial charge in [0.25, 0.3) is 0 Å². The molecule has 11 heteroatoms. The van der Waals surface area contributed by atoms with E-state index in [0.717, 1.165) is 0 Å². The van der Waals surface area contributed by atoms with Crippen LogP contribution in [0.15, 0.2) is 47.1 Å². The number of methoxy groups -OCH3 is 1. The summed E-state index contributed by atoms with van der Waals surface area (Å²) in [7, 11) is 1.55. The Kier molecular flexibility index (Phi) is 7.14. The normalized spacial score (nSPS) is 29.0. The Morgan fingerprint density at radius 3 is 2.55 bits per heavy atom. The van der Waals surface area contributed by atoms with Crippen LogP contribution in [0.3, 0.4) is 0 Å². The van der Waals surface area contributed by atoms with E-state index in [1.807, 2.05) is 0 Å². The van der Waals surface area contributed by atoms with Crippen molar-refractivity contribution in [2.45, 2.75) is 43.9 Å². The van der Waals surface area contributed by atoms with Crippen molar-refractivity contribution in [2.24, 2.45) is 0 Å². The molecule has 0 saturated carbocycles. The lowest BCUT2D eigenvalue weighted by atomic mass is 9.95. The van der Waals surface area contributed by atoms with Crippen molar-refractivity contribution in [2.75, 3.05) is 20.3 Å². The number of hydrogen-bond donors (Lipinski definition) is 2. The van der Waals surface area contributed by atoms with Gasteiger partial charge in [0.05, 0.1) is 20.0 Å². The van der Waals surface area contributed by atoms with E-state index in [1.165, 1.54) is 13.2 Å². The van der Waals surface area contributed by atoms with Gasteiger partial charge in [-0.25, -0.2) is 4.79 Å². The summed E-state index contributed by atoms with van der Waals surface area (Å²) in [6.45, 7) is 0.842. The van der Waals surface area contributed by atoms with Crippen LogP contribution in [-0.2, 0) is 28.5 Å². The molecule has 1 amide bonds. The monoisotopic (exact) mass is 463 g/mol. The molecule has 2 aromatic rings. The Balaban J connectivity index is 1.60. The van der Waals surface area contributed by atoms with E-state index in [2.05, 4.69) is 5.32 Å². The fraction of sp³-hybridized carbons (Fsp3) is 0.455. The van der Waals surface area contributed by atoms with Gasteiger partial charge >= 0.3 is 5.97 Å². The molecule has 6 atom stereocenters. The van der Waals surface area contributed by atoms with Gasteiger partial charge in [-0.1, -0.05) is 0 Å². The molecule has 0 spiro atoms. The number of ether oxygens (including phenoxy) is 6. The first-order valence-corrected chi connectivity index (χ1v) is 10.3. The Morgan fingerprint density at radius 1 is 1.15 bits per heavy atom. The fourth-order valence-electron chi connectivity index (χ4n) is 3.78. The number of rotatable bonds is 8. The second-order valence-electron chi connectivity index (χ2n) is 7.51. The summed E-state index contributed by atoms with van der Waals surface area (Å²) in [5, 5.41) is 11.9. The first kappa shape index (κ1) is 23.1. The SMILES string of the molecule is COc1ccc(OC2OC3COC(c4ccco4)OC3C(OCC(=O)O)C2NC(C)=O)cc1. The average molecular weight is 463 g/mol. The predicted octanol–water partition coefficient (Wildman–Crippen LogP) is 1.48. The zero-order valence-corrected chi connectivity index (χ0v) is 18.0. The van der Waals surface area contributed by atoms with Crippen LogP contribution in [0.1, 0.15) is 19.0 Å². The largest absolute Gasteiger partial charge is 0.497 e. The summed E-state index contributed by atoms with van der Waals surface area (Å²) in [6, 6.07) is 9.33. The first-order chi connectivity index (χ1) is 15.9. The minimum Gasteiger partial charge on any atom is -0.497 e. The first-order valence-electron chi connectivity index (χ1n) is 10.3. The highest BCUT2D eigenvalue weighted by atomic mass is 16.8. The lowest BCUT2D eigenvalue weighted by molar-refractivity contribution is -0.340. The zero-order chi connectivity index (χ0) is 23.4. The fourth-order valence-corrected chi connectivity index (χ4v) is 3.78. The molecule has 178 valence electrons. The van der Waals surface area contributed by atoms with Crippen LogP contribution >= 0.6 is 0 Å². The van der Waals surface area contributed by atoms with E-state index >= 15 is 0 Å². The van der Waals surface area contributed by atoms with Gasteiger partial charge in [0.15, 0.2) is 5.76 Å². The predicted molar refractivity (Wildman–Crippen MR) is 110 cm³/mol. The van der Waals surface area contributed by atoms with Crippen molar-refractivity contribution >= 4 is 11.9 Å². The van der Waals surface area contributed by atoms with Crippen LogP contribution in [0.25, 0.3) is 0 Å². The van der Waals surface area contributed by atoms with E-state index in [0.29, 0.717) is 17.3 Å². The van der Waals surface area contributed by atoms with E-state index in [9.17, 15) is 14.7 Å². The van der Waals surface area contributed by atoms with E-state index in [-0.39, 0.29) is 12.5 Å². The number of carbonyl (C=O) groups excluding carboxylic acids is 1. The molecule has 2 N–H and O–H groups in total. The topological polar surface area (TPSA) is 135 Å². The van der Waals surface area contributed by atoms with Gasteiger partial charge in [-0.3, -0.25) is 4.79 Å². The van der Waals surface area contributed by atoms with Crippen molar-refractivity contribution < 1.29 is 47.5 Å². The van der Waals surface area contributed by atoms with Crippen LogP contribution in [-0.4, -0.2) is 68.0 Å². The molecule has 0 aliphatic carbocycles. The van der Waals surface area contributed by atoms with E-state index in [1.54, 1.807) is 43.5 Å².